The van der Waals surface area contributed by atoms with Crippen LogP contribution in [0, 0.1) is 5.92 Å². The number of piperidine rings is 2. The zero-order valence-corrected chi connectivity index (χ0v) is 17.6. The lowest BCUT2D eigenvalue weighted by Crippen LogP contribution is -3.00. The standard InChI is InChI=1S/C20H30NO4.BrH/c1-21-11-5-4-8-18(21)15(7-6-12-21)14-25-20(22)17-10-9-16(23-2)13-19(17)24-3;/h9-10,13,15,18H,4-8,11-12,14H2,1-3H3;1H/q+1;/p-1/t15-,18?,21?;/m0./s1. The van der Waals surface area contributed by atoms with Crippen LogP contribution in [0.3, 0.4) is 0 Å². The van der Waals surface area contributed by atoms with E-state index in [1.54, 1.807) is 32.4 Å². The van der Waals surface area contributed by atoms with E-state index in [4.69, 9.17) is 14.2 Å². The van der Waals surface area contributed by atoms with Gasteiger partial charge in [-0.3, -0.25) is 0 Å². The maximum Gasteiger partial charge on any atom is 0.341 e. The summed E-state index contributed by atoms with van der Waals surface area (Å²) in [6.07, 6.45) is 6.26. The van der Waals surface area contributed by atoms with Crippen molar-refractivity contribution in [2.75, 3.05) is 41.0 Å². The minimum atomic E-state index is -0.310. The van der Waals surface area contributed by atoms with Gasteiger partial charge in [-0.25, -0.2) is 4.79 Å². The van der Waals surface area contributed by atoms with E-state index in [1.165, 1.54) is 38.8 Å². The first-order valence-corrected chi connectivity index (χ1v) is 9.31. The summed E-state index contributed by atoms with van der Waals surface area (Å²) in [5, 5.41) is 0. The van der Waals surface area contributed by atoms with Gasteiger partial charge in [-0.2, -0.15) is 0 Å². The molecule has 0 N–H and O–H groups in total. The number of benzene rings is 1. The van der Waals surface area contributed by atoms with E-state index < -0.39 is 0 Å². The fourth-order valence-electron chi connectivity index (χ4n) is 4.66. The van der Waals surface area contributed by atoms with Gasteiger partial charge in [-0.05, 0) is 37.8 Å². The molecule has 3 atom stereocenters. The van der Waals surface area contributed by atoms with Crippen molar-refractivity contribution in [2.24, 2.45) is 5.92 Å². The Kier molecular flexibility index (Phi) is 7.35. The van der Waals surface area contributed by atoms with Gasteiger partial charge in [-0.1, -0.05) is 0 Å². The summed E-state index contributed by atoms with van der Waals surface area (Å²) in [4.78, 5) is 12.6. The average molecular weight is 428 g/mol. The van der Waals surface area contributed by atoms with Crippen LogP contribution in [0.25, 0.3) is 0 Å². The SMILES string of the molecule is COc1ccc(C(=O)OC[C@@H]2CCC[N+]3(C)CCCCC23)c(OC)c1.[Br-]. The Labute approximate surface area is 167 Å². The Hall–Kier alpha value is -1.27. The first-order chi connectivity index (χ1) is 12.1. The Morgan fingerprint density at radius 2 is 1.88 bits per heavy atom. The maximum absolute atomic E-state index is 12.6. The zero-order chi connectivity index (χ0) is 17.9. The zero-order valence-electron chi connectivity index (χ0n) is 16.0. The number of esters is 1. The summed E-state index contributed by atoms with van der Waals surface area (Å²) < 4.78 is 17.4. The second-order valence-electron chi connectivity index (χ2n) is 7.56. The van der Waals surface area contributed by atoms with E-state index in [0.29, 0.717) is 35.6 Å². The molecule has 3 rings (SSSR count). The molecule has 1 aromatic rings. The van der Waals surface area contributed by atoms with Crippen LogP contribution in [0.5, 0.6) is 11.5 Å². The van der Waals surface area contributed by atoms with Crippen molar-refractivity contribution >= 4 is 5.97 Å². The first-order valence-electron chi connectivity index (χ1n) is 9.31. The van der Waals surface area contributed by atoms with Crippen LogP contribution in [0.2, 0.25) is 0 Å². The van der Waals surface area contributed by atoms with Crippen LogP contribution in [0.4, 0.5) is 0 Å². The molecule has 2 aliphatic heterocycles. The van der Waals surface area contributed by atoms with Crippen molar-refractivity contribution in [1.29, 1.82) is 0 Å². The molecule has 2 fully saturated rings. The Morgan fingerprint density at radius 1 is 1.12 bits per heavy atom. The van der Waals surface area contributed by atoms with Gasteiger partial charge >= 0.3 is 5.97 Å². The van der Waals surface area contributed by atoms with Crippen molar-refractivity contribution < 1.29 is 40.5 Å². The second-order valence-corrected chi connectivity index (χ2v) is 7.56. The van der Waals surface area contributed by atoms with Crippen LogP contribution < -0.4 is 26.5 Å². The normalized spacial score (nSPS) is 27.7. The number of nitrogens with zero attached hydrogens (tertiary/aromatic N) is 1. The van der Waals surface area contributed by atoms with Gasteiger partial charge in [0.05, 0.1) is 40.4 Å². The summed E-state index contributed by atoms with van der Waals surface area (Å²) >= 11 is 0. The number of fused-ring (bicyclic) bond motifs is 1. The Balaban J connectivity index is 0.00000243. The molecule has 5 nitrogen and oxygen atoms in total. The highest BCUT2D eigenvalue weighted by atomic mass is 79.9. The van der Waals surface area contributed by atoms with Crippen LogP contribution >= 0.6 is 0 Å². The van der Waals surface area contributed by atoms with Gasteiger partial charge in [0, 0.05) is 18.4 Å². The average Bonchev–Trinajstić information content (AvgIpc) is 2.64. The number of ether oxygens (including phenoxy) is 3. The van der Waals surface area contributed by atoms with Crippen LogP contribution in [-0.4, -0.2) is 57.5 Å². The number of carbonyl (C=O) groups is 1. The molecule has 146 valence electrons. The predicted molar refractivity (Wildman–Crippen MR) is 96.1 cm³/mol. The monoisotopic (exact) mass is 427 g/mol. The Bertz CT molecular complexity index is 620. The topological polar surface area (TPSA) is 44.8 Å². The molecular formula is C20H30BrNO4. The number of halogens is 1. The van der Waals surface area contributed by atoms with Crippen LogP contribution in [-0.2, 0) is 4.74 Å². The third kappa shape index (κ3) is 4.34. The molecule has 0 bridgehead atoms. The lowest BCUT2D eigenvalue weighted by Gasteiger charge is -2.51. The number of hydrogen-bond acceptors (Lipinski definition) is 4. The van der Waals surface area contributed by atoms with Gasteiger partial charge in [-0.15, -0.1) is 0 Å². The highest BCUT2D eigenvalue weighted by Gasteiger charge is 2.43. The summed E-state index contributed by atoms with van der Waals surface area (Å²) in [5.74, 6) is 1.31. The maximum atomic E-state index is 12.6. The van der Waals surface area contributed by atoms with Gasteiger partial charge in [0.15, 0.2) is 0 Å². The van der Waals surface area contributed by atoms with Gasteiger partial charge in [0.1, 0.15) is 23.7 Å². The van der Waals surface area contributed by atoms with E-state index in [0.717, 1.165) is 10.9 Å². The molecule has 0 aliphatic carbocycles. The molecule has 2 heterocycles. The van der Waals surface area contributed by atoms with Gasteiger partial charge in [0.25, 0.3) is 0 Å². The molecule has 0 radical (unpaired) electrons. The molecule has 0 amide bonds. The lowest BCUT2D eigenvalue weighted by atomic mass is 9.82. The van der Waals surface area contributed by atoms with Crippen LogP contribution in [0.1, 0.15) is 42.5 Å². The quantitative estimate of drug-likeness (QED) is 0.499. The van der Waals surface area contributed by atoms with Crippen molar-refractivity contribution in [2.45, 2.75) is 38.1 Å². The molecule has 26 heavy (non-hydrogen) atoms. The van der Waals surface area contributed by atoms with E-state index in [1.807, 2.05) is 0 Å². The fraction of sp³-hybridized carbons (Fsp3) is 0.650. The summed E-state index contributed by atoms with van der Waals surface area (Å²) in [6, 6.07) is 5.82. The summed E-state index contributed by atoms with van der Waals surface area (Å²) in [5.41, 5.74) is 0.458. The number of quaternary nitrogens is 1. The second kappa shape index (κ2) is 9.09. The predicted octanol–water partition coefficient (Wildman–Crippen LogP) is 0.274. The van der Waals surface area contributed by atoms with E-state index in [9.17, 15) is 4.79 Å². The fourth-order valence-corrected chi connectivity index (χ4v) is 4.66. The van der Waals surface area contributed by atoms with Crippen LogP contribution in [0.15, 0.2) is 18.2 Å². The number of methoxy groups -OCH3 is 2. The molecule has 0 aromatic heterocycles. The van der Waals surface area contributed by atoms with Gasteiger partial charge < -0.3 is 35.7 Å². The van der Waals surface area contributed by atoms with E-state index in [2.05, 4.69) is 7.05 Å². The highest BCUT2D eigenvalue weighted by Crippen LogP contribution is 2.36. The number of carbonyl (C=O) groups excluding carboxylic acids is 1. The minimum Gasteiger partial charge on any atom is -1.00 e. The summed E-state index contributed by atoms with van der Waals surface area (Å²) in [7, 11) is 5.53. The third-order valence-electron chi connectivity index (χ3n) is 6.06. The number of hydrogen-bond donors (Lipinski definition) is 0. The van der Waals surface area contributed by atoms with Crippen molar-refractivity contribution in [3.63, 3.8) is 0 Å². The molecule has 2 saturated heterocycles. The molecule has 0 saturated carbocycles. The van der Waals surface area contributed by atoms with Crippen molar-refractivity contribution in [3.8, 4) is 11.5 Å². The first kappa shape index (κ1) is 21.0. The van der Waals surface area contributed by atoms with Gasteiger partial charge in [0.2, 0.25) is 0 Å². The van der Waals surface area contributed by atoms with E-state index in [-0.39, 0.29) is 23.0 Å². The van der Waals surface area contributed by atoms with Crippen molar-refractivity contribution in [3.05, 3.63) is 23.8 Å². The number of rotatable bonds is 5. The lowest BCUT2D eigenvalue weighted by molar-refractivity contribution is -0.947. The van der Waals surface area contributed by atoms with Crippen molar-refractivity contribution in [1.82, 2.24) is 0 Å². The Morgan fingerprint density at radius 3 is 2.62 bits per heavy atom. The molecule has 2 unspecified atom stereocenters. The molecule has 1 aromatic carbocycles. The largest absolute Gasteiger partial charge is 1.00 e. The molecule has 2 aliphatic rings. The minimum absolute atomic E-state index is 0. The highest BCUT2D eigenvalue weighted by molar-refractivity contribution is 5.92. The smallest absolute Gasteiger partial charge is 0.341 e. The third-order valence-corrected chi connectivity index (χ3v) is 6.06. The summed E-state index contributed by atoms with van der Waals surface area (Å²) in [6.45, 7) is 3.04. The molecular weight excluding hydrogens is 398 g/mol. The molecule has 6 heteroatoms. The van der Waals surface area contributed by atoms with E-state index >= 15 is 0 Å². The molecule has 0 spiro atoms.